The van der Waals surface area contributed by atoms with Crippen LogP contribution in [0.25, 0.3) is 0 Å². The van der Waals surface area contributed by atoms with Gasteiger partial charge in [-0.25, -0.2) is 0 Å². The molecule has 0 amide bonds. The van der Waals surface area contributed by atoms with Gasteiger partial charge in [-0.05, 0) is 44.8 Å². The first-order valence-electron chi connectivity index (χ1n) is 3.12. The number of halogens is 2. The number of aryl methyl sites for hydroxylation is 1. The first kappa shape index (κ1) is 9.67. The molecule has 0 aliphatic carbocycles. The van der Waals surface area contributed by atoms with Crippen LogP contribution in [0.2, 0.25) is 0 Å². The lowest BCUT2D eigenvalue weighted by Crippen LogP contribution is -1.91. The Kier molecular flexibility index (Phi) is 2.85. The molecule has 12 heavy (non-hydrogen) atoms. The van der Waals surface area contributed by atoms with Crippen LogP contribution in [0.5, 0.6) is 0 Å². The van der Waals surface area contributed by atoms with E-state index in [1.54, 1.807) is 13.0 Å². The molecule has 0 N–H and O–H groups in total. The highest BCUT2D eigenvalue weighted by atomic mass is 79.9. The highest BCUT2D eigenvalue weighted by molar-refractivity contribution is 9.13. The number of nitro groups is 1. The first-order chi connectivity index (χ1) is 5.52. The van der Waals surface area contributed by atoms with Crippen LogP contribution in [0.1, 0.15) is 5.56 Å². The Labute approximate surface area is 86.2 Å². The maximum absolute atomic E-state index is 10.5. The van der Waals surface area contributed by atoms with E-state index in [2.05, 4.69) is 31.9 Å². The average Bonchev–Trinajstić information content (AvgIpc) is 1.96. The lowest BCUT2D eigenvalue weighted by molar-refractivity contribution is -0.385. The van der Waals surface area contributed by atoms with Crippen LogP contribution in [0.4, 0.5) is 5.69 Å². The molecule has 1 aromatic rings. The molecule has 0 saturated carbocycles. The van der Waals surface area contributed by atoms with E-state index in [4.69, 9.17) is 0 Å². The second-order valence-corrected chi connectivity index (χ2v) is 4.02. The number of hydrogen-bond acceptors (Lipinski definition) is 2. The summed E-state index contributed by atoms with van der Waals surface area (Å²) in [5.74, 6) is 0. The zero-order valence-corrected chi connectivity index (χ0v) is 9.35. The molecule has 0 fully saturated rings. The number of hydrogen-bond donors (Lipinski definition) is 0. The standard InChI is InChI=1S/C7H5Br2NO2/c1-4-2-5(8)6(9)3-7(4)10(11)12/h2-3H,1H3. The third-order valence-corrected chi connectivity index (χ3v) is 3.28. The van der Waals surface area contributed by atoms with Gasteiger partial charge in [-0.2, -0.15) is 0 Å². The van der Waals surface area contributed by atoms with Crippen molar-refractivity contribution in [2.45, 2.75) is 6.92 Å². The molecule has 0 radical (unpaired) electrons. The Morgan fingerprint density at radius 3 is 2.33 bits per heavy atom. The maximum atomic E-state index is 10.5. The van der Waals surface area contributed by atoms with Crippen LogP contribution >= 0.6 is 31.9 Å². The van der Waals surface area contributed by atoms with Crippen molar-refractivity contribution in [2.75, 3.05) is 0 Å². The molecule has 0 unspecified atom stereocenters. The van der Waals surface area contributed by atoms with Gasteiger partial charge >= 0.3 is 0 Å². The Bertz CT molecular complexity index is 338. The van der Waals surface area contributed by atoms with E-state index in [9.17, 15) is 10.1 Å². The fourth-order valence-corrected chi connectivity index (χ4v) is 1.62. The van der Waals surface area contributed by atoms with Gasteiger partial charge in [0.25, 0.3) is 5.69 Å². The lowest BCUT2D eigenvalue weighted by atomic mass is 10.2. The average molecular weight is 295 g/mol. The van der Waals surface area contributed by atoms with Gasteiger partial charge < -0.3 is 0 Å². The van der Waals surface area contributed by atoms with Gasteiger partial charge in [-0.3, -0.25) is 10.1 Å². The molecule has 1 rings (SSSR count). The first-order valence-corrected chi connectivity index (χ1v) is 4.71. The topological polar surface area (TPSA) is 43.1 Å². The Balaban J connectivity index is 3.33. The van der Waals surface area contributed by atoms with Gasteiger partial charge in [0, 0.05) is 20.6 Å². The molecule has 0 aromatic heterocycles. The van der Waals surface area contributed by atoms with E-state index >= 15 is 0 Å². The lowest BCUT2D eigenvalue weighted by Gasteiger charge is -1.99. The largest absolute Gasteiger partial charge is 0.273 e. The van der Waals surface area contributed by atoms with Crippen molar-refractivity contribution in [2.24, 2.45) is 0 Å². The van der Waals surface area contributed by atoms with Gasteiger partial charge in [0.1, 0.15) is 0 Å². The summed E-state index contributed by atoms with van der Waals surface area (Å²) in [6.45, 7) is 1.70. The van der Waals surface area contributed by atoms with Gasteiger partial charge in [0.2, 0.25) is 0 Å². The summed E-state index contributed by atoms with van der Waals surface area (Å²) < 4.78 is 1.52. The summed E-state index contributed by atoms with van der Waals surface area (Å²) in [6, 6.07) is 3.20. The second-order valence-electron chi connectivity index (χ2n) is 2.31. The van der Waals surface area contributed by atoms with Gasteiger partial charge in [0.05, 0.1) is 4.92 Å². The molecule has 5 heteroatoms. The molecule has 0 saturated heterocycles. The SMILES string of the molecule is Cc1cc(Br)c(Br)cc1[N+](=O)[O-]. The van der Waals surface area contributed by atoms with E-state index in [-0.39, 0.29) is 5.69 Å². The Morgan fingerprint density at radius 1 is 1.33 bits per heavy atom. The number of nitro benzene ring substituents is 1. The normalized spacial score (nSPS) is 9.92. The van der Waals surface area contributed by atoms with Crippen LogP contribution in [-0.2, 0) is 0 Å². The summed E-state index contributed by atoms with van der Waals surface area (Å²) in [6.07, 6.45) is 0. The molecule has 1 aromatic carbocycles. The predicted octanol–water partition coefficient (Wildman–Crippen LogP) is 3.43. The van der Waals surface area contributed by atoms with E-state index in [1.807, 2.05) is 0 Å². The molecule has 0 aliphatic rings. The number of benzene rings is 1. The molecule has 0 bridgehead atoms. The van der Waals surface area contributed by atoms with Crippen molar-refractivity contribution < 1.29 is 4.92 Å². The van der Waals surface area contributed by atoms with Crippen molar-refractivity contribution in [1.29, 1.82) is 0 Å². The molecule has 0 aliphatic heterocycles. The minimum Gasteiger partial charge on any atom is -0.258 e. The van der Waals surface area contributed by atoms with Gasteiger partial charge in [0.15, 0.2) is 0 Å². The smallest absolute Gasteiger partial charge is 0.258 e. The minimum absolute atomic E-state index is 0.130. The van der Waals surface area contributed by atoms with Crippen LogP contribution < -0.4 is 0 Å². The monoisotopic (exact) mass is 293 g/mol. The summed E-state index contributed by atoms with van der Waals surface area (Å²) in [7, 11) is 0. The zero-order valence-electron chi connectivity index (χ0n) is 6.17. The van der Waals surface area contributed by atoms with Crippen molar-refractivity contribution in [1.82, 2.24) is 0 Å². The van der Waals surface area contributed by atoms with E-state index in [0.717, 1.165) is 4.47 Å². The van der Waals surface area contributed by atoms with Crippen LogP contribution in [-0.4, -0.2) is 4.92 Å². The molecule has 64 valence electrons. The van der Waals surface area contributed by atoms with Crippen LogP contribution in [0.15, 0.2) is 21.1 Å². The minimum atomic E-state index is -0.396. The maximum Gasteiger partial charge on any atom is 0.273 e. The van der Waals surface area contributed by atoms with Crippen LogP contribution in [0.3, 0.4) is 0 Å². The quantitative estimate of drug-likeness (QED) is 0.588. The summed E-state index contributed by atoms with van der Waals surface area (Å²) in [4.78, 5) is 10.1. The molecular formula is C7H5Br2NO2. The van der Waals surface area contributed by atoms with Gasteiger partial charge in [-0.15, -0.1) is 0 Å². The Morgan fingerprint density at radius 2 is 1.83 bits per heavy atom. The third kappa shape index (κ3) is 1.84. The molecular weight excluding hydrogens is 290 g/mol. The molecule has 3 nitrogen and oxygen atoms in total. The summed E-state index contributed by atoms with van der Waals surface area (Å²) >= 11 is 6.46. The zero-order chi connectivity index (χ0) is 9.30. The fraction of sp³-hybridized carbons (Fsp3) is 0.143. The van der Waals surface area contributed by atoms with Crippen molar-refractivity contribution in [3.05, 3.63) is 36.8 Å². The van der Waals surface area contributed by atoms with Crippen LogP contribution in [0, 0.1) is 17.0 Å². The van der Waals surface area contributed by atoms with Crippen molar-refractivity contribution >= 4 is 37.5 Å². The molecule has 0 heterocycles. The van der Waals surface area contributed by atoms with E-state index in [1.165, 1.54) is 6.07 Å². The summed E-state index contributed by atoms with van der Waals surface area (Å²) in [5.41, 5.74) is 0.778. The molecule has 0 spiro atoms. The Hall–Kier alpha value is -0.420. The predicted molar refractivity (Wildman–Crippen MR) is 53.2 cm³/mol. The van der Waals surface area contributed by atoms with E-state index < -0.39 is 4.92 Å². The van der Waals surface area contributed by atoms with E-state index in [0.29, 0.717) is 10.0 Å². The number of rotatable bonds is 1. The van der Waals surface area contributed by atoms with Gasteiger partial charge in [-0.1, -0.05) is 0 Å². The second kappa shape index (κ2) is 3.53. The number of nitrogens with zero attached hydrogens (tertiary/aromatic N) is 1. The highest BCUT2D eigenvalue weighted by Gasteiger charge is 2.12. The molecule has 0 atom stereocenters. The van der Waals surface area contributed by atoms with Crippen molar-refractivity contribution in [3.8, 4) is 0 Å². The third-order valence-electron chi connectivity index (χ3n) is 1.44. The highest BCUT2D eigenvalue weighted by Crippen LogP contribution is 2.30. The fourth-order valence-electron chi connectivity index (χ4n) is 0.832. The van der Waals surface area contributed by atoms with Crippen molar-refractivity contribution in [3.63, 3.8) is 0 Å². The summed E-state index contributed by atoms with van der Waals surface area (Å²) in [5, 5.41) is 10.5.